The molecule has 3 atom stereocenters. The molecule has 1 aliphatic carbocycles. The van der Waals surface area contributed by atoms with Gasteiger partial charge < -0.3 is 29.9 Å². The Morgan fingerprint density at radius 2 is 1.89 bits per heavy atom. The minimum atomic E-state index is -3.00. The van der Waals surface area contributed by atoms with E-state index in [2.05, 4.69) is 21.2 Å². The molecule has 242 valence electrons. The van der Waals surface area contributed by atoms with Crippen LogP contribution in [0.25, 0.3) is 32.8 Å². The van der Waals surface area contributed by atoms with Gasteiger partial charge in [0.1, 0.15) is 35.6 Å². The van der Waals surface area contributed by atoms with Crippen LogP contribution in [0.4, 0.5) is 22.0 Å². The molecule has 4 aromatic rings. The summed E-state index contributed by atoms with van der Waals surface area (Å²) in [6, 6.07) is 5.28. The summed E-state index contributed by atoms with van der Waals surface area (Å²) in [6.07, 6.45) is 4.20. The molecule has 0 amide bonds. The van der Waals surface area contributed by atoms with E-state index in [0.717, 1.165) is 18.2 Å². The number of rotatable bonds is 7. The molecular weight excluding hydrogens is 611 g/mol. The molecule has 2 heterocycles. The lowest BCUT2D eigenvalue weighted by molar-refractivity contribution is -0.0418. The Balaban J connectivity index is 1.55. The number of aliphatic hydroxyl groups is 1. The van der Waals surface area contributed by atoms with Crippen LogP contribution < -0.4 is 10.1 Å². The number of fused-ring (bicyclic) bond motifs is 2. The molecule has 46 heavy (non-hydrogen) atoms. The van der Waals surface area contributed by atoms with Gasteiger partial charge in [0.2, 0.25) is 0 Å². The van der Waals surface area contributed by atoms with Crippen molar-refractivity contribution in [3.8, 4) is 35.2 Å². The minimum absolute atomic E-state index is 0.00473. The number of phenols is 1. The van der Waals surface area contributed by atoms with Crippen molar-refractivity contribution in [2.45, 2.75) is 31.0 Å². The number of halogens is 5. The van der Waals surface area contributed by atoms with Crippen LogP contribution in [0, 0.1) is 35.2 Å². The van der Waals surface area contributed by atoms with E-state index in [9.17, 15) is 23.4 Å². The molecule has 13 heteroatoms. The number of terminal acetylenes is 1. The molecule has 1 saturated carbocycles. The van der Waals surface area contributed by atoms with E-state index in [1.807, 2.05) is 0 Å². The van der Waals surface area contributed by atoms with E-state index in [0.29, 0.717) is 0 Å². The molecular formula is C33H31F5N4O4. The van der Waals surface area contributed by atoms with E-state index in [1.54, 1.807) is 25.9 Å². The first-order valence-electron chi connectivity index (χ1n) is 14.5. The van der Waals surface area contributed by atoms with Gasteiger partial charge in [-0.25, -0.2) is 22.0 Å². The number of aromatic hydroxyl groups is 1. The van der Waals surface area contributed by atoms with E-state index in [4.69, 9.17) is 15.9 Å². The molecule has 8 nitrogen and oxygen atoms in total. The van der Waals surface area contributed by atoms with Gasteiger partial charge in [-0.3, -0.25) is 0 Å². The number of aromatic nitrogens is 2. The summed E-state index contributed by atoms with van der Waals surface area (Å²) in [6.45, 7) is 1.16. The Kier molecular flexibility index (Phi) is 7.84. The molecule has 2 fully saturated rings. The third kappa shape index (κ3) is 5.60. The van der Waals surface area contributed by atoms with Gasteiger partial charge in [0, 0.05) is 42.4 Å². The first-order chi connectivity index (χ1) is 21.6. The molecule has 1 aliphatic heterocycles. The minimum Gasteiger partial charge on any atom is -0.508 e. The maximum atomic E-state index is 16.7. The lowest BCUT2D eigenvalue weighted by Crippen LogP contribution is -2.38. The van der Waals surface area contributed by atoms with Crippen LogP contribution >= 0.6 is 0 Å². The van der Waals surface area contributed by atoms with Crippen molar-refractivity contribution in [1.29, 1.82) is 0 Å². The van der Waals surface area contributed by atoms with E-state index in [-0.39, 0.29) is 65.0 Å². The summed E-state index contributed by atoms with van der Waals surface area (Å²) in [4.78, 5) is 10.2. The number of ether oxygens (including phenoxy) is 2. The van der Waals surface area contributed by atoms with Crippen LogP contribution in [0.1, 0.15) is 30.7 Å². The fourth-order valence-electron chi connectivity index (χ4n) is 6.12. The largest absolute Gasteiger partial charge is 0.508 e. The zero-order valence-corrected chi connectivity index (χ0v) is 25.2. The second-order valence-electron chi connectivity index (χ2n) is 12.6. The third-order valence-corrected chi connectivity index (χ3v) is 8.40. The summed E-state index contributed by atoms with van der Waals surface area (Å²) in [7, 11) is 3.31. The summed E-state index contributed by atoms with van der Waals surface area (Å²) in [5.74, 6) is -4.25. The molecule has 3 N–H and O–H groups in total. The fraction of sp³-hybridized carbons (Fsp3) is 0.394. The molecule has 3 aromatic carbocycles. The number of nitrogens with zero attached hydrogens (tertiary/aromatic N) is 3. The maximum Gasteiger partial charge on any atom is 0.317 e. The topological polar surface area (TPSA) is 100.0 Å². The Morgan fingerprint density at radius 1 is 1.15 bits per heavy atom. The van der Waals surface area contributed by atoms with Crippen molar-refractivity contribution in [2.24, 2.45) is 5.41 Å². The molecule has 0 bridgehead atoms. The van der Waals surface area contributed by atoms with Crippen molar-refractivity contribution in [3.05, 3.63) is 59.0 Å². The van der Waals surface area contributed by atoms with Crippen LogP contribution in [0.2, 0.25) is 0 Å². The zero-order chi connectivity index (χ0) is 33.2. The van der Waals surface area contributed by atoms with Crippen LogP contribution in [0.5, 0.6) is 11.8 Å². The SMILES string of the molecule is C#Cc1c(F)ccc2cc(O)cc(-c3c(F)cc4c(C5CNCC(C)(O)CO5)nc(OC[C@@]5(CN(C)C)CC5(F)F)nc4c3F)c12. The average Bonchev–Trinajstić information content (AvgIpc) is 3.57. The average molecular weight is 643 g/mol. The molecule has 1 saturated heterocycles. The Labute approximate surface area is 261 Å². The first kappa shape index (κ1) is 31.9. The van der Waals surface area contributed by atoms with Crippen molar-refractivity contribution in [2.75, 3.05) is 46.9 Å². The van der Waals surface area contributed by atoms with Gasteiger partial charge in [0.15, 0.2) is 5.82 Å². The predicted octanol–water partition coefficient (Wildman–Crippen LogP) is 4.93. The maximum absolute atomic E-state index is 16.7. The summed E-state index contributed by atoms with van der Waals surface area (Å²) < 4.78 is 88.2. The second-order valence-corrected chi connectivity index (χ2v) is 12.6. The molecule has 2 unspecified atom stereocenters. The monoisotopic (exact) mass is 642 g/mol. The Morgan fingerprint density at radius 3 is 2.57 bits per heavy atom. The number of β-amino-alcohol motifs (C(OH)–C–C–N with tert-alkyl or cyclic N) is 1. The lowest BCUT2D eigenvalue weighted by atomic mass is 9.92. The third-order valence-electron chi connectivity index (χ3n) is 8.40. The highest BCUT2D eigenvalue weighted by Crippen LogP contribution is 2.60. The van der Waals surface area contributed by atoms with Gasteiger partial charge >= 0.3 is 6.01 Å². The van der Waals surface area contributed by atoms with Crippen LogP contribution in [-0.4, -0.2) is 83.5 Å². The van der Waals surface area contributed by atoms with Gasteiger partial charge in [-0.15, -0.1) is 6.42 Å². The predicted molar refractivity (Wildman–Crippen MR) is 160 cm³/mol. The van der Waals surface area contributed by atoms with Gasteiger partial charge in [0.25, 0.3) is 5.92 Å². The lowest BCUT2D eigenvalue weighted by Gasteiger charge is -2.23. The van der Waals surface area contributed by atoms with Gasteiger partial charge in [-0.05, 0) is 50.7 Å². The van der Waals surface area contributed by atoms with Crippen molar-refractivity contribution < 1.29 is 41.6 Å². The Bertz CT molecular complexity index is 1910. The highest BCUT2D eigenvalue weighted by molar-refractivity contribution is 6.03. The highest BCUT2D eigenvalue weighted by Gasteiger charge is 2.71. The van der Waals surface area contributed by atoms with E-state index >= 15 is 8.78 Å². The van der Waals surface area contributed by atoms with Gasteiger partial charge in [-0.2, -0.15) is 9.97 Å². The quantitative estimate of drug-likeness (QED) is 0.193. The fourth-order valence-corrected chi connectivity index (χ4v) is 6.12. The highest BCUT2D eigenvalue weighted by atomic mass is 19.3. The van der Waals surface area contributed by atoms with Crippen LogP contribution in [-0.2, 0) is 4.74 Å². The molecule has 6 rings (SSSR count). The number of alkyl halides is 2. The smallest absolute Gasteiger partial charge is 0.317 e. The molecule has 0 spiro atoms. The second kappa shape index (κ2) is 11.3. The molecule has 2 aliphatic rings. The number of nitrogens with one attached hydrogen (secondary N) is 1. The molecule has 1 aromatic heterocycles. The number of benzene rings is 3. The van der Waals surface area contributed by atoms with E-state index in [1.165, 1.54) is 12.1 Å². The van der Waals surface area contributed by atoms with Crippen molar-refractivity contribution >= 4 is 21.7 Å². The standard InChI is InChI=1S/C33H31F5N4O4/c1-5-19-22(34)7-6-17-8-18(43)9-20(25(17)19)26-23(35)10-21-28(24-11-39-13-31(2,44)15-45-24)40-30(41-29(21)27(26)36)46-16-32(14-42(3)4)12-33(32,37)38/h1,6-10,24,39,43-44H,11-16H2,2-4H3/t24?,31?,32-/m0/s1. The number of hydrogen-bond acceptors (Lipinski definition) is 8. The van der Waals surface area contributed by atoms with Crippen molar-refractivity contribution in [3.63, 3.8) is 0 Å². The zero-order valence-electron chi connectivity index (χ0n) is 25.2. The summed E-state index contributed by atoms with van der Waals surface area (Å²) >= 11 is 0. The Hall–Kier alpha value is -4.09. The summed E-state index contributed by atoms with van der Waals surface area (Å²) in [5, 5.41) is 24.1. The van der Waals surface area contributed by atoms with Crippen LogP contribution in [0.3, 0.4) is 0 Å². The first-order valence-corrected chi connectivity index (χ1v) is 14.5. The van der Waals surface area contributed by atoms with Gasteiger partial charge in [-0.1, -0.05) is 12.0 Å². The number of hydrogen-bond donors (Lipinski definition) is 3. The normalized spacial score (nSPS) is 24.2. The van der Waals surface area contributed by atoms with Gasteiger partial charge in [0.05, 0.1) is 34.4 Å². The molecule has 0 radical (unpaired) electrons. The summed E-state index contributed by atoms with van der Waals surface area (Å²) in [5.41, 5.74) is -4.36. The van der Waals surface area contributed by atoms with Crippen molar-refractivity contribution in [1.82, 2.24) is 20.2 Å². The van der Waals surface area contributed by atoms with Crippen LogP contribution in [0.15, 0.2) is 30.3 Å². The number of phenolic OH excluding ortho intramolecular Hbond substituents is 1. The van der Waals surface area contributed by atoms with E-state index < -0.39 is 70.6 Å².